The fourth-order valence-electron chi connectivity index (χ4n) is 4.79. The molecule has 38 heavy (non-hydrogen) atoms. The zero-order valence-electron chi connectivity index (χ0n) is 21.9. The number of alkyl halides is 2. The number of halogens is 2. The third-order valence-electron chi connectivity index (χ3n) is 7.40. The summed E-state index contributed by atoms with van der Waals surface area (Å²) in [7, 11) is 1.41. The van der Waals surface area contributed by atoms with Crippen LogP contribution in [0, 0.1) is 17.2 Å². The Morgan fingerprint density at radius 1 is 1.00 bits per heavy atom. The van der Waals surface area contributed by atoms with Gasteiger partial charge in [-0.2, -0.15) is 5.26 Å². The number of hydrogen-bond acceptors (Lipinski definition) is 5. The van der Waals surface area contributed by atoms with E-state index in [0.717, 1.165) is 29.5 Å². The zero-order valence-corrected chi connectivity index (χ0v) is 21.9. The van der Waals surface area contributed by atoms with Crippen LogP contribution in [0.25, 0.3) is 11.1 Å². The molecule has 0 saturated heterocycles. The molecule has 202 valence electrons. The highest BCUT2D eigenvalue weighted by Crippen LogP contribution is 2.48. The molecule has 0 heterocycles. The van der Waals surface area contributed by atoms with Crippen LogP contribution >= 0.6 is 0 Å². The Morgan fingerprint density at radius 3 is 2.03 bits per heavy atom. The van der Waals surface area contributed by atoms with Crippen molar-refractivity contribution in [3.63, 3.8) is 0 Å². The third-order valence-corrected chi connectivity index (χ3v) is 7.40. The number of nitrogens with one attached hydrogen (secondary N) is 3. The minimum atomic E-state index is -2.73. The summed E-state index contributed by atoms with van der Waals surface area (Å²) in [6, 6.07) is 14.4. The van der Waals surface area contributed by atoms with E-state index in [-0.39, 0.29) is 11.8 Å². The van der Waals surface area contributed by atoms with Crippen LogP contribution in [-0.4, -0.2) is 36.9 Å². The molecule has 2 atom stereocenters. The van der Waals surface area contributed by atoms with Gasteiger partial charge in [0.25, 0.3) is 12.3 Å². The summed E-state index contributed by atoms with van der Waals surface area (Å²) in [5, 5.41) is 14.9. The molecular weight excluding hydrogens is 490 g/mol. The number of benzene rings is 2. The molecule has 2 saturated carbocycles. The van der Waals surface area contributed by atoms with Crippen LogP contribution in [0.15, 0.2) is 48.5 Å². The first-order valence-corrected chi connectivity index (χ1v) is 12.9. The lowest BCUT2D eigenvalue weighted by Gasteiger charge is -2.27. The molecule has 0 unspecified atom stereocenters. The normalized spacial score (nSPS) is 18.4. The van der Waals surface area contributed by atoms with Gasteiger partial charge in [-0.25, -0.2) is 14.3 Å². The Hall–Kier alpha value is -3.35. The molecule has 0 spiro atoms. The highest BCUT2D eigenvalue weighted by Gasteiger charge is 2.51. The second-order valence-electron chi connectivity index (χ2n) is 10.8. The number of nitriles is 1. The van der Waals surface area contributed by atoms with Crippen molar-refractivity contribution in [3.8, 4) is 17.2 Å². The molecule has 9 heteroatoms. The Balaban J connectivity index is 1.48. The Labute approximate surface area is 221 Å². The quantitative estimate of drug-likeness (QED) is 0.354. The molecule has 0 aromatic heterocycles. The zero-order chi connectivity index (χ0) is 27.5. The molecule has 3 N–H and O–H groups in total. The Bertz CT molecular complexity index is 1180. The lowest BCUT2D eigenvalue weighted by Crippen LogP contribution is -2.51. The van der Waals surface area contributed by atoms with Gasteiger partial charge in [0.05, 0.1) is 30.7 Å². The van der Waals surface area contributed by atoms with Gasteiger partial charge in [-0.3, -0.25) is 19.7 Å². The number of carbonyl (C=O) groups excluding carboxylic acids is 2. The second-order valence-corrected chi connectivity index (χ2v) is 10.8. The predicted octanol–water partition coefficient (Wildman–Crippen LogP) is 4.55. The smallest absolute Gasteiger partial charge is 0.257 e. The van der Waals surface area contributed by atoms with Gasteiger partial charge < -0.3 is 5.32 Å². The summed E-state index contributed by atoms with van der Waals surface area (Å²) in [6.45, 7) is 3.84. The van der Waals surface area contributed by atoms with Crippen molar-refractivity contribution < 1.29 is 23.2 Å². The fraction of sp³-hybridized carbons (Fsp3) is 0.483. The van der Waals surface area contributed by atoms with Crippen LogP contribution in [-0.2, 0) is 19.8 Å². The Kier molecular flexibility index (Phi) is 8.14. The van der Waals surface area contributed by atoms with Crippen molar-refractivity contribution in [3.05, 3.63) is 59.7 Å². The summed E-state index contributed by atoms with van der Waals surface area (Å²) < 4.78 is 28.4. The summed E-state index contributed by atoms with van der Waals surface area (Å²) in [6.07, 6.45) is 0.292. The van der Waals surface area contributed by atoms with E-state index in [4.69, 9.17) is 4.84 Å². The van der Waals surface area contributed by atoms with Gasteiger partial charge in [-0.05, 0) is 60.3 Å². The van der Waals surface area contributed by atoms with E-state index in [9.17, 15) is 23.6 Å². The van der Waals surface area contributed by atoms with Crippen LogP contribution in [0.5, 0.6) is 0 Å². The van der Waals surface area contributed by atoms with Crippen LogP contribution in [0.3, 0.4) is 0 Å². The van der Waals surface area contributed by atoms with Crippen molar-refractivity contribution >= 4 is 11.8 Å². The molecule has 2 aromatic rings. The van der Waals surface area contributed by atoms with Crippen molar-refractivity contribution in [2.24, 2.45) is 5.92 Å². The number of amides is 2. The number of carbonyl (C=O) groups is 2. The van der Waals surface area contributed by atoms with E-state index in [1.54, 1.807) is 24.3 Å². The van der Waals surface area contributed by atoms with Gasteiger partial charge >= 0.3 is 0 Å². The number of hydrogen-bond donors (Lipinski definition) is 3. The van der Waals surface area contributed by atoms with Crippen molar-refractivity contribution in [1.29, 1.82) is 5.26 Å². The van der Waals surface area contributed by atoms with E-state index in [1.807, 2.05) is 38.1 Å². The largest absolute Gasteiger partial charge is 0.336 e. The maximum Gasteiger partial charge on any atom is 0.257 e. The lowest BCUT2D eigenvalue weighted by atomic mass is 9.92. The van der Waals surface area contributed by atoms with E-state index >= 15 is 0 Å². The molecule has 2 aliphatic rings. The lowest BCUT2D eigenvalue weighted by molar-refractivity contribution is -0.134. The molecule has 0 bridgehead atoms. The van der Waals surface area contributed by atoms with E-state index in [2.05, 4.69) is 22.2 Å². The van der Waals surface area contributed by atoms with Crippen molar-refractivity contribution in [1.82, 2.24) is 16.1 Å². The van der Waals surface area contributed by atoms with Crippen LogP contribution in [0.2, 0.25) is 0 Å². The summed E-state index contributed by atoms with van der Waals surface area (Å²) >= 11 is 0. The standard InChI is InChI=1S/C29H34F2N4O3/c1-18(2)16-23(26(36)34-28(17-32)12-13-28)33-24(25(30)31)21-6-4-19(5-7-21)20-8-10-22(11-9-20)29(14-15-29)27(37)35-38-3/h4-11,18,23-25,33H,12-16H2,1-3H3,(H,34,36)(H,35,37)/t23-,24-/m0/s1. The first-order valence-electron chi connectivity index (χ1n) is 12.9. The molecule has 7 nitrogen and oxygen atoms in total. The number of rotatable bonds is 12. The van der Waals surface area contributed by atoms with Gasteiger partial charge in [-0.1, -0.05) is 62.4 Å². The van der Waals surface area contributed by atoms with Crippen molar-refractivity contribution in [2.75, 3.05) is 7.11 Å². The van der Waals surface area contributed by atoms with E-state index < -0.39 is 35.4 Å². The number of hydroxylamine groups is 1. The molecule has 0 radical (unpaired) electrons. The first-order chi connectivity index (χ1) is 18.1. The molecule has 2 aliphatic carbocycles. The third kappa shape index (κ3) is 6.03. The summed E-state index contributed by atoms with van der Waals surface area (Å²) in [5.74, 6) is -0.491. The predicted molar refractivity (Wildman–Crippen MR) is 139 cm³/mol. The maximum atomic E-state index is 14.2. The first kappa shape index (κ1) is 27.7. The van der Waals surface area contributed by atoms with E-state index in [0.29, 0.717) is 24.8 Å². The van der Waals surface area contributed by atoms with E-state index in [1.165, 1.54) is 7.11 Å². The van der Waals surface area contributed by atoms with Crippen LogP contribution in [0.4, 0.5) is 8.78 Å². The molecule has 2 amide bonds. The highest BCUT2D eigenvalue weighted by molar-refractivity contribution is 5.90. The fourth-order valence-corrected chi connectivity index (χ4v) is 4.79. The average molecular weight is 525 g/mol. The SMILES string of the molecule is CONC(=O)C1(c2ccc(-c3ccc([C@H](N[C@@H](CC(C)C)C(=O)NC4(C#N)CC4)C(F)F)cc3)cc2)CC1. The molecule has 0 aliphatic heterocycles. The highest BCUT2D eigenvalue weighted by atomic mass is 19.3. The summed E-state index contributed by atoms with van der Waals surface area (Å²) in [4.78, 5) is 30.0. The Morgan fingerprint density at radius 2 is 1.58 bits per heavy atom. The molecule has 2 aromatic carbocycles. The van der Waals surface area contributed by atoms with Crippen LogP contribution < -0.4 is 16.1 Å². The van der Waals surface area contributed by atoms with Gasteiger partial charge in [0.1, 0.15) is 5.54 Å². The average Bonchev–Trinajstić information content (AvgIpc) is 3.83. The minimum Gasteiger partial charge on any atom is -0.336 e. The van der Waals surface area contributed by atoms with Gasteiger partial charge in [0.2, 0.25) is 5.91 Å². The van der Waals surface area contributed by atoms with Gasteiger partial charge in [0.15, 0.2) is 0 Å². The van der Waals surface area contributed by atoms with Gasteiger partial charge in [0, 0.05) is 0 Å². The minimum absolute atomic E-state index is 0.0921. The van der Waals surface area contributed by atoms with Crippen molar-refractivity contribution in [2.45, 2.75) is 75.4 Å². The molecule has 4 rings (SSSR count). The maximum absolute atomic E-state index is 14.2. The van der Waals surface area contributed by atoms with Crippen LogP contribution in [0.1, 0.15) is 63.1 Å². The topological polar surface area (TPSA) is 103 Å². The number of nitrogens with zero attached hydrogens (tertiary/aromatic N) is 1. The molecule has 2 fully saturated rings. The van der Waals surface area contributed by atoms with Gasteiger partial charge in [-0.15, -0.1) is 0 Å². The molecular formula is C29H34F2N4O3. The summed E-state index contributed by atoms with van der Waals surface area (Å²) in [5.41, 5.74) is 4.03. The second kappa shape index (κ2) is 11.2. The monoisotopic (exact) mass is 524 g/mol.